The molecule has 7 heteroatoms. The van der Waals surface area contributed by atoms with E-state index in [9.17, 15) is 19.2 Å². The van der Waals surface area contributed by atoms with Gasteiger partial charge in [-0.15, -0.1) is 0 Å². The zero-order valence-corrected chi connectivity index (χ0v) is 10.6. The first-order valence-corrected chi connectivity index (χ1v) is 6.10. The van der Waals surface area contributed by atoms with Gasteiger partial charge < -0.3 is 10.2 Å². The lowest BCUT2D eigenvalue weighted by Crippen LogP contribution is -2.40. The van der Waals surface area contributed by atoms with Crippen LogP contribution < -0.4 is 0 Å². The van der Waals surface area contributed by atoms with Gasteiger partial charge in [-0.2, -0.15) is 0 Å². The van der Waals surface area contributed by atoms with E-state index in [1.54, 1.807) is 13.8 Å². The highest BCUT2D eigenvalue weighted by Gasteiger charge is 2.62. The van der Waals surface area contributed by atoms with E-state index in [1.165, 1.54) is 0 Å². The molecule has 0 aromatic carbocycles. The second-order valence-electron chi connectivity index (χ2n) is 5.32. The molecule has 104 valence electrons. The molecule has 4 atom stereocenters. The van der Waals surface area contributed by atoms with Crippen molar-refractivity contribution in [1.82, 2.24) is 4.90 Å². The van der Waals surface area contributed by atoms with Crippen LogP contribution in [0.1, 0.15) is 20.3 Å². The molecule has 2 fully saturated rings. The Bertz CT molecular complexity index is 433. The highest BCUT2D eigenvalue weighted by atomic mass is 16.4. The Balaban J connectivity index is 2.44. The lowest BCUT2D eigenvalue weighted by molar-refractivity contribution is -0.151. The molecule has 1 aliphatic heterocycles. The first kappa shape index (κ1) is 13.5. The number of carbonyl (C=O) groups excluding carboxylic acids is 2. The normalized spacial score (nSPS) is 33.9. The van der Waals surface area contributed by atoms with E-state index in [2.05, 4.69) is 0 Å². The van der Waals surface area contributed by atoms with E-state index < -0.39 is 53.5 Å². The molecule has 2 amide bonds. The summed E-state index contributed by atoms with van der Waals surface area (Å²) >= 11 is 0. The molecule has 4 unspecified atom stereocenters. The summed E-state index contributed by atoms with van der Waals surface area (Å²) in [5.74, 6) is -7.79. The predicted molar refractivity (Wildman–Crippen MR) is 60.8 cm³/mol. The van der Waals surface area contributed by atoms with Crippen molar-refractivity contribution in [2.45, 2.75) is 26.3 Å². The second-order valence-corrected chi connectivity index (χ2v) is 5.32. The third-order valence-corrected chi connectivity index (χ3v) is 3.96. The summed E-state index contributed by atoms with van der Waals surface area (Å²) in [6.07, 6.45) is -0.163. The number of aliphatic carboxylic acids is 2. The Kier molecular flexibility index (Phi) is 3.07. The molecule has 1 heterocycles. The van der Waals surface area contributed by atoms with Gasteiger partial charge in [-0.3, -0.25) is 24.1 Å². The largest absolute Gasteiger partial charge is 0.481 e. The number of amides is 2. The number of likely N-dealkylation sites (tertiary alicyclic amines) is 1. The predicted octanol–water partition coefficient (Wildman–Crippen LogP) is -0.199. The van der Waals surface area contributed by atoms with E-state index in [1.807, 2.05) is 0 Å². The Morgan fingerprint density at radius 3 is 1.68 bits per heavy atom. The maximum Gasteiger partial charge on any atom is 0.307 e. The Morgan fingerprint density at radius 1 is 1.05 bits per heavy atom. The maximum atomic E-state index is 12.2. The van der Waals surface area contributed by atoms with Gasteiger partial charge in [0, 0.05) is 6.04 Å². The third kappa shape index (κ3) is 1.80. The molecule has 2 rings (SSSR count). The summed E-state index contributed by atoms with van der Waals surface area (Å²) in [5, 5.41) is 18.2. The number of rotatable bonds is 3. The zero-order chi connectivity index (χ0) is 14.5. The van der Waals surface area contributed by atoms with Gasteiger partial charge in [0.1, 0.15) is 0 Å². The number of carboxylic acid groups (broad SMARTS) is 2. The van der Waals surface area contributed by atoms with E-state index in [4.69, 9.17) is 10.2 Å². The van der Waals surface area contributed by atoms with Gasteiger partial charge >= 0.3 is 11.9 Å². The molecule has 0 radical (unpaired) electrons. The Labute approximate surface area is 109 Å². The number of nitrogens with zero attached hydrogens (tertiary/aromatic N) is 1. The summed E-state index contributed by atoms with van der Waals surface area (Å²) in [6, 6.07) is -0.394. The smallest absolute Gasteiger partial charge is 0.307 e. The third-order valence-electron chi connectivity index (χ3n) is 3.96. The van der Waals surface area contributed by atoms with E-state index in [0.717, 1.165) is 4.90 Å². The van der Waals surface area contributed by atoms with Crippen LogP contribution in [0.5, 0.6) is 0 Å². The summed E-state index contributed by atoms with van der Waals surface area (Å²) in [5.41, 5.74) is 0. The summed E-state index contributed by atoms with van der Waals surface area (Å²) in [4.78, 5) is 47.7. The van der Waals surface area contributed by atoms with Crippen LogP contribution in [-0.2, 0) is 19.2 Å². The number of hydrogen-bond acceptors (Lipinski definition) is 4. The molecule has 0 aromatic heterocycles. The lowest BCUT2D eigenvalue weighted by Gasteiger charge is -2.21. The molecule has 1 aliphatic carbocycles. The molecule has 0 spiro atoms. The molecule has 1 saturated carbocycles. The summed E-state index contributed by atoms with van der Waals surface area (Å²) < 4.78 is 0. The van der Waals surface area contributed by atoms with Crippen LogP contribution in [0.4, 0.5) is 0 Å². The molecular weight excluding hydrogens is 254 g/mol. The minimum Gasteiger partial charge on any atom is -0.481 e. The Morgan fingerprint density at radius 2 is 1.42 bits per heavy atom. The summed E-state index contributed by atoms with van der Waals surface area (Å²) in [7, 11) is 0. The van der Waals surface area contributed by atoms with Crippen molar-refractivity contribution in [1.29, 1.82) is 0 Å². The molecule has 19 heavy (non-hydrogen) atoms. The standard InChI is InChI=1S/C12H15NO6/c1-4(2)13-9(14)7-5(11(16)17)3-6(12(18)19)8(7)10(13)15/h4-8H,3H2,1-2H3,(H,16,17)(H,18,19). The summed E-state index contributed by atoms with van der Waals surface area (Å²) in [6.45, 7) is 3.28. The van der Waals surface area contributed by atoms with Crippen LogP contribution in [0.15, 0.2) is 0 Å². The lowest BCUT2D eigenvalue weighted by atomic mass is 9.89. The van der Waals surface area contributed by atoms with Crippen LogP contribution in [-0.4, -0.2) is 44.9 Å². The minimum absolute atomic E-state index is 0.163. The topological polar surface area (TPSA) is 112 Å². The van der Waals surface area contributed by atoms with Crippen molar-refractivity contribution in [3.8, 4) is 0 Å². The van der Waals surface area contributed by atoms with Crippen molar-refractivity contribution in [2.24, 2.45) is 23.7 Å². The number of imide groups is 1. The number of fused-ring (bicyclic) bond motifs is 1. The van der Waals surface area contributed by atoms with Crippen molar-refractivity contribution in [3.63, 3.8) is 0 Å². The SMILES string of the molecule is CC(C)N1C(=O)C2C(C(=O)O)CC(C(=O)O)C2C1=O. The van der Waals surface area contributed by atoms with E-state index >= 15 is 0 Å². The molecule has 1 saturated heterocycles. The fourth-order valence-electron chi connectivity index (χ4n) is 3.17. The van der Waals surface area contributed by atoms with Gasteiger partial charge in [-0.25, -0.2) is 0 Å². The monoisotopic (exact) mass is 269 g/mol. The van der Waals surface area contributed by atoms with Crippen molar-refractivity contribution in [2.75, 3.05) is 0 Å². The highest BCUT2D eigenvalue weighted by molar-refractivity contribution is 6.09. The van der Waals surface area contributed by atoms with Crippen molar-refractivity contribution in [3.05, 3.63) is 0 Å². The average Bonchev–Trinajstić information content (AvgIpc) is 2.77. The van der Waals surface area contributed by atoms with Crippen LogP contribution in [0.2, 0.25) is 0 Å². The van der Waals surface area contributed by atoms with Crippen LogP contribution >= 0.6 is 0 Å². The van der Waals surface area contributed by atoms with Crippen molar-refractivity contribution < 1.29 is 29.4 Å². The quantitative estimate of drug-likeness (QED) is 0.686. The first-order chi connectivity index (χ1) is 8.77. The van der Waals surface area contributed by atoms with Gasteiger partial charge in [0.15, 0.2) is 0 Å². The van der Waals surface area contributed by atoms with E-state index in [0.29, 0.717) is 0 Å². The number of carbonyl (C=O) groups is 4. The fraction of sp³-hybridized carbons (Fsp3) is 0.667. The highest BCUT2D eigenvalue weighted by Crippen LogP contribution is 2.48. The molecule has 2 aliphatic rings. The van der Waals surface area contributed by atoms with Gasteiger partial charge in [-0.1, -0.05) is 0 Å². The Hall–Kier alpha value is -1.92. The molecule has 2 N–H and O–H groups in total. The molecule has 0 aromatic rings. The molecule has 7 nitrogen and oxygen atoms in total. The molecular formula is C12H15NO6. The van der Waals surface area contributed by atoms with Gasteiger partial charge in [0.05, 0.1) is 23.7 Å². The number of carboxylic acids is 2. The maximum absolute atomic E-state index is 12.2. The van der Waals surface area contributed by atoms with Gasteiger partial charge in [0.25, 0.3) is 0 Å². The second kappa shape index (κ2) is 4.32. The molecule has 0 bridgehead atoms. The van der Waals surface area contributed by atoms with Crippen molar-refractivity contribution >= 4 is 23.8 Å². The number of hydrogen-bond donors (Lipinski definition) is 2. The average molecular weight is 269 g/mol. The van der Waals surface area contributed by atoms with Crippen LogP contribution in [0.3, 0.4) is 0 Å². The zero-order valence-electron chi connectivity index (χ0n) is 10.6. The minimum atomic E-state index is -1.22. The first-order valence-electron chi connectivity index (χ1n) is 6.10. The van der Waals surface area contributed by atoms with Gasteiger partial charge in [-0.05, 0) is 20.3 Å². The fourth-order valence-corrected chi connectivity index (χ4v) is 3.17. The van der Waals surface area contributed by atoms with Crippen LogP contribution in [0.25, 0.3) is 0 Å². The van der Waals surface area contributed by atoms with E-state index in [-0.39, 0.29) is 6.42 Å². The van der Waals surface area contributed by atoms with Gasteiger partial charge in [0.2, 0.25) is 11.8 Å². The van der Waals surface area contributed by atoms with Crippen LogP contribution in [0, 0.1) is 23.7 Å².